The largest absolute Gasteiger partial charge is 0.577 e. The van der Waals surface area contributed by atoms with Crippen LogP contribution in [0.15, 0.2) is 24.3 Å². The lowest BCUT2D eigenvalue weighted by atomic mass is 9.69. The molecule has 8 heteroatoms. The maximum absolute atomic E-state index is 11.1. The summed E-state index contributed by atoms with van der Waals surface area (Å²) in [5.74, 6) is 1.59. The Morgan fingerprint density at radius 3 is 2.92 bits per heavy atom. The number of benzene rings is 1. The quantitative estimate of drug-likeness (QED) is 0.495. The molecule has 0 saturated carbocycles. The summed E-state index contributed by atoms with van der Waals surface area (Å²) in [4.78, 5) is 2.28. The van der Waals surface area contributed by atoms with Crippen molar-refractivity contribution in [2.24, 2.45) is 0 Å². The van der Waals surface area contributed by atoms with E-state index >= 15 is 0 Å². The molecule has 1 aromatic carbocycles. The van der Waals surface area contributed by atoms with Crippen molar-refractivity contribution in [3.63, 3.8) is 0 Å². The van der Waals surface area contributed by atoms with Crippen molar-refractivity contribution >= 4 is 10.4 Å². The molecular formula is C17H22NO6S+. The van der Waals surface area contributed by atoms with Crippen molar-refractivity contribution in [3.8, 4) is 11.5 Å². The lowest BCUT2D eigenvalue weighted by Gasteiger charge is -2.33. The Labute approximate surface area is 147 Å². The third-order valence-corrected chi connectivity index (χ3v) is 5.94. The standard InChI is InChI=1S/C17H21NO6S/c1-18-8-7-17-6-5-12(24-25(19,20)21)9-14(17)23-16-13(22-2)4-3-11(10-18)15(16)17/h3-6,12,14H,7-10H2,1-2H3,(H,19,20,21)/p+1/t12-,14-,17+/m0/s1. The van der Waals surface area contributed by atoms with Crippen LogP contribution in [0.2, 0.25) is 0 Å². The average Bonchev–Trinajstić information content (AvgIpc) is 2.79. The SMILES string of the molecule is COc1ccc2c3c1[OH+][C@H]1C[C@@H](OS(=O)(=O)O)C=C[C@]31CCN(C)C2. The van der Waals surface area contributed by atoms with Crippen molar-refractivity contribution in [2.45, 2.75) is 37.0 Å². The zero-order valence-corrected chi connectivity index (χ0v) is 15.0. The summed E-state index contributed by atoms with van der Waals surface area (Å²) in [6.45, 7) is 1.76. The molecule has 3 aliphatic rings. The van der Waals surface area contributed by atoms with Crippen LogP contribution >= 0.6 is 0 Å². The summed E-state index contributed by atoms with van der Waals surface area (Å²) in [5, 5.41) is 0. The second-order valence-corrected chi connectivity index (χ2v) is 8.03. The highest BCUT2D eigenvalue weighted by atomic mass is 32.3. The summed E-state index contributed by atoms with van der Waals surface area (Å²) in [6.07, 6.45) is 4.20. The van der Waals surface area contributed by atoms with Crippen molar-refractivity contribution in [1.29, 1.82) is 0 Å². The van der Waals surface area contributed by atoms with E-state index in [1.807, 2.05) is 12.1 Å². The Kier molecular flexibility index (Phi) is 3.84. The molecule has 136 valence electrons. The Balaban J connectivity index is 1.81. The van der Waals surface area contributed by atoms with E-state index in [9.17, 15) is 8.42 Å². The lowest BCUT2D eigenvalue weighted by molar-refractivity contribution is -0.0506. The highest BCUT2D eigenvalue weighted by Crippen LogP contribution is 2.56. The maximum atomic E-state index is 11.1. The Morgan fingerprint density at radius 2 is 2.20 bits per heavy atom. The van der Waals surface area contributed by atoms with Gasteiger partial charge < -0.3 is 14.4 Å². The molecule has 0 aromatic heterocycles. The molecule has 0 saturated heterocycles. The van der Waals surface area contributed by atoms with E-state index < -0.39 is 16.5 Å². The van der Waals surface area contributed by atoms with Crippen LogP contribution in [-0.4, -0.2) is 55.5 Å². The molecule has 1 spiro atoms. The predicted octanol–water partition coefficient (Wildman–Crippen LogP) is 1.54. The molecule has 25 heavy (non-hydrogen) atoms. The van der Waals surface area contributed by atoms with Crippen LogP contribution in [-0.2, 0) is 26.5 Å². The van der Waals surface area contributed by atoms with E-state index in [1.165, 1.54) is 11.1 Å². The second-order valence-electron chi connectivity index (χ2n) is 6.98. The van der Waals surface area contributed by atoms with Gasteiger partial charge in [-0.25, -0.2) is 4.18 Å². The number of nitrogens with zero attached hydrogens (tertiary/aromatic N) is 1. The third-order valence-electron chi connectivity index (χ3n) is 5.45. The molecule has 3 atom stereocenters. The highest BCUT2D eigenvalue weighted by Gasteiger charge is 2.57. The van der Waals surface area contributed by atoms with Gasteiger partial charge in [-0.3, -0.25) is 4.55 Å². The van der Waals surface area contributed by atoms with Gasteiger partial charge in [0, 0.05) is 6.54 Å². The molecule has 1 aromatic rings. The lowest BCUT2D eigenvalue weighted by Crippen LogP contribution is -2.43. The van der Waals surface area contributed by atoms with Crippen molar-refractivity contribution in [1.82, 2.24) is 4.90 Å². The number of rotatable bonds is 3. The number of aliphatic hydroxyl groups is 1. The van der Waals surface area contributed by atoms with Gasteiger partial charge in [-0.15, -0.1) is 0 Å². The summed E-state index contributed by atoms with van der Waals surface area (Å²) in [7, 11) is -0.770. The Hall–Kier alpha value is -1.61. The first-order chi connectivity index (χ1) is 11.8. The topological polar surface area (TPSA) is 88.9 Å². The zero-order valence-electron chi connectivity index (χ0n) is 14.2. The summed E-state index contributed by atoms with van der Waals surface area (Å²) in [6, 6.07) is 4.03. The first-order valence-electron chi connectivity index (χ1n) is 8.27. The fourth-order valence-corrected chi connectivity index (χ4v) is 4.83. The fraction of sp³-hybridized carbons (Fsp3) is 0.529. The van der Waals surface area contributed by atoms with Crippen molar-refractivity contribution in [2.75, 3.05) is 20.7 Å². The number of aromatic hydroxyl groups is 1. The van der Waals surface area contributed by atoms with Gasteiger partial charge in [-0.1, -0.05) is 18.2 Å². The minimum Gasteiger partial charge on any atom is -0.577 e. The third kappa shape index (κ3) is 2.73. The molecule has 0 amide bonds. The van der Waals surface area contributed by atoms with Gasteiger partial charge >= 0.3 is 16.1 Å². The first-order valence-corrected chi connectivity index (χ1v) is 9.64. The number of ether oxygens (including phenoxy) is 2. The summed E-state index contributed by atoms with van der Waals surface area (Å²) >= 11 is 0. The van der Waals surface area contributed by atoms with Gasteiger partial charge in [0.25, 0.3) is 0 Å². The first kappa shape index (κ1) is 16.8. The van der Waals surface area contributed by atoms with Crippen molar-refractivity contribution in [3.05, 3.63) is 35.4 Å². The molecule has 0 fully saturated rings. The molecular weight excluding hydrogens is 346 g/mol. The number of hydrogen-bond donors (Lipinski definition) is 1. The average molecular weight is 368 g/mol. The minimum atomic E-state index is -4.50. The Bertz CT molecular complexity index is 836. The predicted molar refractivity (Wildman–Crippen MR) is 91.3 cm³/mol. The molecule has 0 bridgehead atoms. The number of methoxy groups -OCH3 is 1. The molecule has 2 aliphatic heterocycles. The van der Waals surface area contributed by atoms with Crippen LogP contribution in [0.25, 0.3) is 0 Å². The molecule has 2 N–H and O–H groups in total. The van der Waals surface area contributed by atoms with E-state index in [4.69, 9.17) is 18.2 Å². The molecule has 0 radical (unpaired) electrons. The number of hydrogen-bond acceptors (Lipinski definition) is 5. The van der Waals surface area contributed by atoms with Crippen LogP contribution in [0.5, 0.6) is 11.5 Å². The maximum Gasteiger partial charge on any atom is 0.397 e. The van der Waals surface area contributed by atoms with E-state index in [2.05, 4.69) is 18.0 Å². The zero-order chi connectivity index (χ0) is 17.8. The van der Waals surface area contributed by atoms with Crippen LogP contribution in [0.4, 0.5) is 0 Å². The minimum absolute atomic E-state index is 0.138. The van der Waals surface area contributed by atoms with Gasteiger partial charge in [-0.2, -0.15) is 8.42 Å². The van der Waals surface area contributed by atoms with Crippen LogP contribution in [0.1, 0.15) is 24.0 Å². The second kappa shape index (κ2) is 5.70. The van der Waals surface area contributed by atoms with Gasteiger partial charge in [0.15, 0.2) is 6.10 Å². The van der Waals surface area contributed by atoms with Crippen LogP contribution in [0, 0.1) is 0 Å². The monoisotopic (exact) mass is 368 g/mol. The van der Waals surface area contributed by atoms with E-state index in [0.717, 1.165) is 31.0 Å². The molecule has 7 nitrogen and oxygen atoms in total. The normalized spacial score (nSPS) is 31.0. The van der Waals surface area contributed by atoms with Crippen LogP contribution < -0.4 is 4.74 Å². The highest BCUT2D eigenvalue weighted by molar-refractivity contribution is 7.80. The fourth-order valence-electron chi connectivity index (χ4n) is 4.38. The van der Waals surface area contributed by atoms with E-state index in [0.29, 0.717) is 6.42 Å². The van der Waals surface area contributed by atoms with Crippen molar-refractivity contribution < 1.29 is 26.6 Å². The summed E-state index contributed by atoms with van der Waals surface area (Å²) < 4.78 is 46.3. The molecule has 4 rings (SSSR count). The van der Waals surface area contributed by atoms with Gasteiger partial charge in [0.2, 0.25) is 5.75 Å². The van der Waals surface area contributed by atoms with E-state index in [-0.39, 0.29) is 11.5 Å². The van der Waals surface area contributed by atoms with Gasteiger partial charge in [0.1, 0.15) is 11.5 Å². The molecule has 0 unspecified atom stereocenters. The van der Waals surface area contributed by atoms with E-state index in [1.54, 1.807) is 13.2 Å². The smallest absolute Gasteiger partial charge is 0.397 e. The molecule has 1 aliphatic carbocycles. The molecule has 2 heterocycles. The van der Waals surface area contributed by atoms with Crippen LogP contribution in [0.3, 0.4) is 0 Å². The van der Waals surface area contributed by atoms with Gasteiger partial charge in [0.05, 0.1) is 19.1 Å². The summed E-state index contributed by atoms with van der Waals surface area (Å²) in [5.41, 5.74) is 2.13. The Morgan fingerprint density at radius 1 is 1.40 bits per heavy atom. The van der Waals surface area contributed by atoms with Gasteiger partial charge in [-0.05, 0) is 31.6 Å².